The lowest BCUT2D eigenvalue weighted by molar-refractivity contribution is 0.0358. The molecule has 0 atom stereocenters. The second kappa shape index (κ2) is 10.1. The van der Waals surface area contributed by atoms with Crippen LogP contribution in [0.5, 0.6) is 5.75 Å². The number of hydrogen-bond donors (Lipinski definition) is 1. The maximum absolute atomic E-state index is 6.05. The second-order valence-corrected chi connectivity index (χ2v) is 9.49. The van der Waals surface area contributed by atoms with Crippen LogP contribution < -0.4 is 10.1 Å². The Kier molecular flexibility index (Phi) is 6.35. The summed E-state index contributed by atoms with van der Waals surface area (Å²) in [6, 6.07) is 12.1. The quantitative estimate of drug-likeness (QED) is 0.366. The molecule has 3 aromatic heterocycles. The van der Waals surface area contributed by atoms with Gasteiger partial charge in [0.25, 0.3) is 0 Å². The molecule has 1 saturated heterocycles. The molecule has 0 amide bonds. The van der Waals surface area contributed by atoms with E-state index in [0.29, 0.717) is 19.0 Å². The van der Waals surface area contributed by atoms with Gasteiger partial charge in [-0.3, -0.25) is 14.9 Å². The molecule has 9 heteroatoms. The molecule has 2 aliphatic heterocycles. The standard InChI is InChI=1S/C26H26N6O2S/c1-3-18(14-21(4-1)34-9-2-6-32-7-10-33-11-8-32)25-30-22-5-12-35-24(22)26(31-25)29-20-13-19-15-27-17-23(19)28-16-20/h1,3-5,12-16H,2,6-11,17H2,(H,29,30,31). The highest BCUT2D eigenvalue weighted by molar-refractivity contribution is 7.17. The second-order valence-electron chi connectivity index (χ2n) is 8.57. The SMILES string of the molecule is C1=NCc2ncc(Nc3nc(-c4cccc(OCCCN5CCOCC5)c4)nc4ccsc34)cc21. The number of aliphatic imine (C=N–C) groups is 1. The fourth-order valence-electron chi connectivity index (χ4n) is 4.29. The fraction of sp³-hybridized carbons (Fsp3) is 0.308. The number of thiophene rings is 1. The van der Waals surface area contributed by atoms with Gasteiger partial charge in [0.15, 0.2) is 11.6 Å². The molecular formula is C26H26N6O2S. The van der Waals surface area contributed by atoms with Gasteiger partial charge in [0.05, 0.1) is 54.2 Å². The van der Waals surface area contributed by atoms with Gasteiger partial charge in [-0.25, -0.2) is 9.97 Å². The minimum absolute atomic E-state index is 0.647. The summed E-state index contributed by atoms with van der Waals surface area (Å²) >= 11 is 1.62. The number of fused-ring (bicyclic) bond motifs is 2. The molecular weight excluding hydrogens is 460 g/mol. The zero-order chi connectivity index (χ0) is 23.5. The Balaban J connectivity index is 1.19. The van der Waals surface area contributed by atoms with Crippen LogP contribution in [-0.2, 0) is 11.3 Å². The van der Waals surface area contributed by atoms with Crippen LogP contribution in [0.15, 0.2) is 53.0 Å². The number of morpholine rings is 1. The molecule has 1 N–H and O–H groups in total. The van der Waals surface area contributed by atoms with Crippen molar-refractivity contribution in [2.24, 2.45) is 4.99 Å². The van der Waals surface area contributed by atoms with Crippen molar-refractivity contribution in [3.8, 4) is 17.1 Å². The van der Waals surface area contributed by atoms with Gasteiger partial charge in [-0.15, -0.1) is 11.3 Å². The van der Waals surface area contributed by atoms with E-state index in [1.165, 1.54) is 0 Å². The van der Waals surface area contributed by atoms with E-state index in [1.807, 2.05) is 48.1 Å². The van der Waals surface area contributed by atoms with Gasteiger partial charge in [-0.05, 0) is 36.1 Å². The molecule has 8 nitrogen and oxygen atoms in total. The molecule has 4 aromatic rings. The first kappa shape index (κ1) is 22.1. The van der Waals surface area contributed by atoms with Crippen molar-refractivity contribution in [3.05, 3.63) is 59.2 Å². The van der Waals surface area contributed by atoms with Crippen molar-refractivity contribution in [1.82, 2.24) is 19.9 Å². The maximum atomic E-state index is 6.05. The Hall–Kier alpha value is -3.40. The minimum Gasteiger partial charge on any atom is -0.494 e. The fourth-order valence-corrected chi connectivity index (χ4v) is 5.07. The Morgan fingerprint density at radius 2 is 2.06 bits per heavy atom. The number of aromatic nitrogens is 3. The smallest absolute Gasteiger partial charge is 0.162 e. The summed E-state index contributed by atoms with van der Waals surface area (Å²) in [4.78, 5) is 20.9. The minimum atomic E-state index is 0.647. The van der Waals surface area contributed by atoms with E-state index < -0.39 is 0 Å². The third kappa shape index (κ3) is 5.02. The maximum Gasteiger partial charge on any atom is 0.162 e. The molecule has 5 heterocycles. The Labute approximate surface area is 207 Å². The van der Waals surface area contributed by atoms with Crippen LogP contribution in [0, 0.1) is 0 Å². The molecule has 0 bridgehead atoms. The lowest BCUT2D eigenvalue weighted by Crippen LogP contribution is -2.37. The van der Waals surface area contributed by atoms with Crippen LogP contribution in [0.4, 0.5) is 11.5 Å². The van der Waals surface area contributed by atoms with Crippen LogP contribution in [0.1, 0.15) is 17.7 Å². The van der Waals surface area contributed by atoms with Gasteiger partial charge >= 0.3 is 0 Å². The number of benzene rings is 1. The summed E-state index contributed by atoms with van der Waals surface area (Å²) in [5, 5.41) is 5.49. The Bertz CT molecular complexity index is 1370. The average molecular weight is 487 g/mol. The van der Waals surface area contributed by atoms with Crippen molar-refractivity contribution < 1.29 is 9.47 Å². The van der Waals surface area contributed by atoms with Gasteiger partial charge < -0.3 is 14.8 Å². The molecule has 1 aromatic carbocycles. The van der Waals surface area contributed by atoms with E-state index in [2.05, 4.69) is 26.3 Å². The molecule has 1 fully saturated rings. The normalized spacial score (nSPS) is 15.4. The van der Waals surface area contributed by atoms with Crippen molar-refractivity contribution in [2.75, 3.05) is 44.8 Å². The van der Waals surface area contributed by atoms with E-state index in [0.717, 1.165) is 83.6 Å². The van der Waals surface area contributed by atoms with E-state index in [-0.39, 0.29) is 0 Å². The molecule has 0 saturated carbocycles. The number of rotatable bonds is 8. The van der Waals surface area contributed by atoms with Gasteiger partial charge in [-0.2, -0.15) is 0 Å². The monoisotopic (exact) mass is 486 g/mol. The molecule has 178 valence electrons. The van der Waals surface area contributed by atoms with Gasteiger partial charge in [0, 0.05) is 37.0 Å². The van der Waals surface area contributed by atoms with Crippen molar-refractivity contribution in [1.29, 1.82) is 0 Å². The lowest BCUT2D eigenvalue weighted by Gasteiger charge is -2.26. The van der Waals surface area contributed by atoms with Crippen molar-refractivity contribution in [3.63, 3.8) is 0 Å². The van der Waals surface area contributed by atoms with Crippen LogP contribution in [0.3, 0.4) is 0 Å². The first-order valence-corrected chi connectivity index (χ1v) is 12.7. The Morgan fingerprint density at radius 3 is 3.00 bits per heavy atom. The molecule has 6 rings (SSSR count). The molecule has 0 spiro atoms. The van der Waals surface area contributed by atoms with Crippen LogP contribution >= 0.6 is 11.3 Å². The summed E-state index contributed by atoms with van der Waals surface area (Å²) in [5.41, 5.74) is 4.77. The first-order valence-electron chi connectivity index (χ1n) is 11.9. The van der Waals surface area contributed by atoms with Gasteiger partial charge in [0.2, 0.25) is 0 Å². The summed E-state index contributed by atoms with van der Waals surface area (Å²) in [7, 11) is 0. The first-order chi connectivity index (χ1) is 17.3. The number of nitrogens with zero attached hydrogens (tertiary/aromatic N) is 5. The topological polar surface area (TPSA) is 84.8 Å². The average Bonchev–Trinajstić information content (AvgIpc) is 3.57. The highest BCUT2D eigenvalue weighted by atomic mass is 32.1. The summed E-state index contributed by atoms with van der Waals surface area (Å²) in [6.45, 7) is 6.00. The number of ether oxygens (including phenoxy) is 2. The number of hydrogen-bond acceptors (Lipinski definition) is 9. The predicted molar refractivity (Wildman–Crippen MR) is 139 cm³/mol. The summed E-state index contributed by atoms with van der Waals surface area (Å²) in [5.74, 6) is 2.26. The molecule has 0 unspecified atom stereocenters. The summed E-state index contributed by atoms with van der Waals surface area (Å²) < 4.78 is 12.5. The van der Waals surface area contributed by atoms with E-state index in [4.69, 9.17) is 19.4 Å². The summed E-state index contributed by atoms with van der Waals surface area (Å²) in [6.07, 6.45) is 4.68. The molecule has 35 heavy (non-hydrogen) atoms. The highest BCUT2D eigenvalue weighted by Gasteiger charge is 2.14. The van der Waals surface area contributed by atoms with Gasteiger partial charge in [0.1, 0.15) is 5.75 Å². The van der Waals surface area contributed by atoms with E-state index >= 15 is 0 Å². The largest absolute Gasteiger partial charge is 0.494 e. The molecule has 2 aliphatic rings. The van der Waals surface area contributed by atoms with E-state index in [9.17, 15) is 0 Å². The van der Waals surface area contributed by atoms with Crippen molar-refractivity contribution in [2.45, 2.75) is 13.0 Å². The number of pyridine rings is 1. The van der Waals surface area contributed by atoms with Crippen LogP contribution in [0.2, 0.25) is 0 Å². The zero-order valence-corrected chi connectivity index (χ0v) is 20.1. The predicted octanol–water partition coefficient (Wildman–Crippen LogP) is 4.53. The van der Waals surface area contributed by atoms with Crippen molar-refractivity contribution >= 4 is 39.3 Å². The zero-order valence-electron chi connectivity index (χ0n) is 19.3. The molecule has 0 aliphatic carbocycles. The van der Waals surface area contributed by atoms with Gasteiger partial charge in [-0.1, -0.05) is 12.1 Å². The molecule has 0 radical (unpaired) electrons. The number of nitrogens with one attached hydrogen (secondary N) is 1. The van der Waals surface area contributed by atoms with Crippen LogP contribution in [0.25, 0.3) is 21.6 Å². The van der Waals surface area contributed by atoms with E-state index in [1.54, 1.807) is 11.3 Å². The van der Waals surface area contributed by atoms with Crippen LogP contribution in [-0.4, -0.2) is 65.5 Å². The third-order valence-electron chi connectivity index (χ3n) is 6.12. The lowest BCUT2D eigenvalue weighted by atomic mass is 10.2. The Morgan fingerprint density at radius 1 is 1.11 bits per heavy atom. The number of anilines is 2. The highest BCUT2D eigenvalue weighted by Crippen LogP contribution is 2.32. The third-order valence-corrected chi connectivity index (χ3v) is 7.04.